The van der Waals surface area contributed by atoms with Crippen molar-refractivity contribution >= 4 is 5.69 Å². The normalized spacial score (nSPS) is 25.8. The highest BCUT2D eigenvalue weighted by atomic mass is 19.1. The molecule has 2 fully saturated rings. The van der Waals surface area contributed by atoms with E-state index in [1.165, 1.54) is 37.8 Å². The number of anilines is 1. The van der Waals surface area contributed by atoms with Crippen LogP contribution in [0.5, 0.6) is 0 Å². The maximum atomic E-state index is 14.5. The van der Waals surface area contributed by atoms with Crippen LogP contribution in [0.1, 0.15) is 44.1 Å². The summed E-state index contributed by atoms with van der Waals surface area (Å²) >= 11 is 0. The number of rotatable bonds is 3. The summed E-state index contributed by atoms with van der Waals surface area (Å²) in [6.45, 7) is 1.18. The van der Waals surface area contributed by atoms with Gasteiger partial charge in [-0.05, 0) is 62.3 Å². The van der Waals surface area contributed by atoms with Crippen LogP contribution < -0.4 is 10.6 Å². The van der Waals surface area contributed by atoms with E-state index in [9.17, 15) is 8.78 Å². The Morgan fingerprint density at radius 2 is 1.71 bits per heavy atom. The Morgan fingerprint density at radius 1 is 1.05 bits per heavy atom. The standard InChI is InChI=1S/C17H24F2N2/c18-14-10-12(7-8-20)11-15(19)17(14)21-9-3-5-13-4-1-2-6-16(13)21/h10-11,13,16H,1-9,20H2/t13-,16-/m1/s1. The minimum Gasteiger partial charge on any atom is -0.364 e. The predicted octanol–water partition coefficient (Wildman–Crippen LogP) is 3.63. The minimum atomic E-state index is -0.426. The Kier molecular flexibility index (Phi) is 4.43. The quantitative estimate of drug-likeness (QED) is 0.922. The van der Waals surface area contributed by atoms with Gasteiger partial charge in [0.25, 0.3) is 0 Å². The third-order valence-electron chi connectivity index (χ3n) is 5.04. The highest BCUT2D eigenvalue weighted by Gasteiger charge is 2.35. The number of halogens is 2. The van der Waals surface area contributed by atoms with Crippen molar-refractivity contribution in [2.24, 2.45) is 11.7 Å². The molecule has 1 aromatic carbocycles. The number of fused-ring (bicyclic) bond motifs is 1. The van der Waals surface area contributed by atoms with Gasteiger partial charge in [-0.15, -0.1) is 0 Å². The summed E-state index contributed by atoms with van der Waals surface area (Å²) in [7, 11) is 0. The molecule has 1 aromatic rings. The monoisotopic (exact) mass is 294 g/mol. The van der Waals surface area contributed by atoms with Crippen LogP contribution in [0.3, 0.4) is 0 Å². The summed E-state index contributed by atoms with van der Waals surface area (Å²) in [5.74, 6) is -0.246. The number of nitrogens with two attached hydrogens (primary N) is 1. The molecule has 1 saturated carbocycles. The number of piperidine rings is 1. The van der Waals surface area contributed by atoms with E-state index >= 15 is 0 Å². The molecule has 21 heavy (non-hydrogen) atoms. The van der Waals surface area contributed by atoms with Crippen LogP contribution in [0.4, 0.5) is 14.5 Å². The second kappa shape index (κ2) is 6.30. The van der Waals surface area contributed by atoms with Crippen molar-refractivity contribution in [1.82, 2.24) is 0 Å². The molecule has 1 heterocycles. The minimum absolute atomic E-state index is 0.187. The van der Waals surface area contributed by atoms with Crippen LogP contribution in [-0.2, 0) is 6.42 Å². The molecular weight excluding hydrogens is 270 g/mol. The molecule has 4 heteroatoms. The fraction of sp³-hybridized carbons (Fsp3) is 0.647. The van der Waals surface area contributed by atoms with Gasteiger partial charge in [-0.3, -0.25) is 0 Å². The SMILES string of the molecule is NCCc1cc(F)c(N2CCC[C@H]3CCCC[C@H]32)c(F)c1. The smallest absolute Gasteiger partial charge is 0.149 e. The third-order valence-corrected chi connectivity index (χ3v) is 5.04. The van der Waals surface area contributed by atoms with E-state index in [1.807, 2.05) is 4.90 Å². The molecule has 2 N–H and O–H groups in total. The lowest BCUT2D eigenvalue weighted by Gasteiger charge is -2.45. The summed E-state index contributed by atoms with van der Waals surface area (Å²) in [6, 6.07) is 3.23. The van der Waals surface area contributed by atoms with Gasteiger partial charge in [0.15, 0.2) is 0 Å². The molecule has 0 aromatic heterocycles. The largest absolute Gasteiger partial charge is 0.364 e. The lowest BCUT2D eigenvalue weighted by molar-refractivity contribution is 0.241. The van der Waals surface area contributed by atoms with Gasteiger partial charge in [0, 0.05) is 12.6 Å². The predicted molar refractivity (Wildman–Crippen MR) is 81.4 cm³/mol. The Balaban J connectivity index is 1.91. The molecule has 0 bridgehead atoms. The van der Waals surface area contributed by atoms with Crippen LogP contribution in [0, 0.1) is 17.6 Å². The number of nitrogens with zero attached hydrogens (tertiary/aromatic N) is 1. The van der Waals surface area contributed by atoms with Gasteiger partial charge >= 0.3 is 0 Å². The molecule has 0 amide bonds. The third kappa shape index (κ3) is 2.91. The second-order valence-corrected chi connectivity index (χ2v) is 6.39. The molecule has 1 aliphatic heterocycles. The number of hydrogen-bond donors (Lipinski definition) is 1. The van der Waals surface area contributed by atoms with E-state index < -0.39 is 11.6 Å². The molecule has 2 aliphatic rings. The zero-order valence-corrected chi connectivity index (χ0v) is 12.5. The van der Waals surface area contributed by atoms with Crippen LogP contribution >= 0.6 is 0 Å². The summed E-state index contributed by atoms with van der Waals surface area (Å²) < 4.78 is 28.9. The van der Waals surface area contributed by atoms with Crippen molar-refractivity contribution in [3.63, 3.8) is 0 Å². The van der Waals surface area contributed by atoms with E-state index in [1.54, 1.807) is 0 Å². The average molecular weight is 294 g/mol. The van der Waals surface area contributed by atoms with Crippen molar-refractivity contribution < 1.29 is 8.78 Å². The van der Waals surface area contributed by atoms with E-state index in [2.05, 4.69) is 0 Å². The Morgan fingerprint density at radius 3 is 2.43 bits per heavy atom. The lowest BCUT2D eigenvalue weighted by Crippen LogP contribution is -2.47. The first-order valence-corrected chi connectivity index (χ1v) is 8.15. The lowest BCUT2D eigenvalue weighted by atomic mass is 9.78. The van der Waals surface area contributed by atoms with Crippen molar-refractivity contribution in [3.05, 3.63) is 29.3 Å². The molecule has 0 radical (unpaired) electrons. The zero-order chi connectivity index (χ0) is 14.8. The van der Waals surface area contributed by atoms with Crippen LogP contribution in [0.25, 0.3) is 0 Å². The summed E-state index contributed by atoms with van der Waals surface area (Å²) in [5, 5.41) is 0. The maximum absolute atomic E-state index is 14.5. The molecule has 3 rings (SSSR count). The van der Waals surface area contributed by atoms with E-state index in [-0.39, 0.29) is 5.69 Å². The molecular formula is C17H24F2N2. The zero-order valence-electron chi connectivity index (χ0n) is 12.5. The average Bonchev–Trinajstić information content (AvgIpc) is 2.47. The van der Waals surface area contributed by atoms with Crippen LogP contribution in [0.2, 0.25) is 0 Å². The first-order valence-electron chi connectivity index (χ1n) is 8.15. The fourth-order valence-electron chi connectivity index (χ4n) is 4.11. The van der Waals surface area contributed by atoms with Crippen LogP contribution in [0.15, 0.2) is 12.1 Å². The van der Waals surface area contributed by atoms with E-state index in [4.69, 9.17) is 5.73 Å². The molecule has 0 unspecified atom stereocenters. The molecule has 1 aliphatic carbocycles. The van der Waals surface area contributed by atoms with Crippen molar-refractivity contribution in [1.29, 1.82) is 0 Å². The molecule has 116 valence electrons. The van der Waals surface area contributed by atoms with Gasteiger partial charge in [-0.2, -0.15) is 0 Å². The summed E-state index contributed by atoms with van der Waals surface area (Å²) in [6.07, 6.45) is 7.45. The molecule has 2 atom stereocenters. The van der Waals surface area contributed by atoms with Crippen molar-refractivity contribution in [3.8, 4) is 0 Å². The number of hydrogen-bond acceptors (Lipinski definition) is 2. The Hall–Kier alpha value is -1.16. The van der Waals surface area contributed by atoms with Gasteiger partial charge in [-0.25, -0.2) is 8.78 Å². The van der Waals surface area contributed by atoms with Gasteiger partial charge in [-0.1, -0.05) is 12.8 Å². The van der Waals surface area contributed by atoms with Crippen LogP contribution in [-0.4, -0.2) is 19.1 Å². The first-order chi connectivity index (χ1) is 10.2. The van der Waals surface area contributed by atoms with Gasteiger partial charge < -0.3 is 10.6 Å². The maximum Gasteiger partial charge on any atom is 0.149 e. The van der Waals surface area contributed by atoms with Gasteiger partial charge in [0.05, 0.1) is 0 Å². The molecule has 2 nitrogen and oxygen atoms in total. The van der Waals surface area contributed by atoms with Crippen molar-refractivity contribution in [2.45, 2.75) is 51.0 Å². The highest BCUT2D eigenvalue weighted by molar-refractivity contribution is 5.52. The Labute approximate surface area is 125 Å². The van der Waals surface area contributed by atoms with E-state index in [0.717, 1.165) is 19.4 Å². The first kappa shape index (κ1) is 14.8. The summed E-state index contributed by atoms with van der Waals surface area (Å²) in [5.41, 5.74) is 6.31. The fourth-order valence-corrected chi connectivity index (χ4v) is 4.11. The van der Waals surface area contributed by atoms with Crippen molar-refractivity contribution in [2.75, 3.05) is 18.0 Å². The second-order valence-electron chi connectivity index (χ2n) is 6.39. The summed E-state index contributed by atoms with van der Waals surface area (Å²) in [4.78, 5) is 2.00. The van der Waals surface area contributed by atoms with E-state index in [0.29, 0.717) is 30.5 Å². The Bertz CT molecular complexity index is 479. The number of benzene rings is 1. The van der Waals surface area contributed by atoms with Gasteiger partial charge in [0.2, 0.25) is 0 Å². The molecule has 0 spiro atoms. The highest BCUT2D eigenvalue weighted by Crippen LogP contribution is 2.39. The topological polar surface area (TPSA) is 29.3 Å². The molecule has 1 saturated heterocycles. The van der Waals surface area contributed by atoms with Gasteiger partial charge in [0.1, 0.15) is 17.3 Å².